The van der Waals surface area contributed by atoms with E-state index in [4.69, 9.17) is 0 Å². The van der Waals surface area contributed by atoms with Crippen molar-refractivity contribution < 1.29 is 0 Å². The van der Waals surface area contributed by atoms with Crippen LogP contribution in [0.3, 0.4) is 0 Å². The molecular weight excluding hydrogens is 136 g/mol. The van der Waals surface area contributed by atoms with E-state index in [0.29, 0.717) is 0 Å². The van der Waals surface area contributed by atoms with Crippen LogP contribution in [-0.2, 0) is 0 Å². The zero-order chi connectivity index (χ0) is 7.84. The predicted octanol–water partition coefficient (Wildman–Crippen LogP) is 0.831. The van der Waals surface area contributed by atoms with E-state index in [1.54, 1.807) is 0 Å². The van der Waals surface area contributed by atoms with Crippen molar-refractivity contribution in [1.82, 2.24) is 10.2 Å². The average molecular weight is 154 g/mol. The van der Waals surface area contributed by atoms with E-state index in [-0.39, 0.29) is 0 Å². The maximum absolute atomic E-state index is 3.55. The highest BCUT2D eigenvalue weighted by Gasteiger charge is 2.35. The Morgan fingerprint density at radius 1 is 1.45 bits per heavy atom. The summed E-state index contributed by atoms with van der Waals surface area (Å²) in [5, 5.41) is 3.55. The van der Waals surface area contributed by atoms with Gasteiger partial charge in [-0.1, -0.05) is 0 Å². The molecule has 2 heterocycles. The monoisotopic (exact) mass is 154 g/mol. The average Bonchev–Trinajstić information content (AvgIpc) is 2.27. The van der Waals surface area contributed by atoms with Crippen LogP contribution in [0.1, 0.15) is 26.7 Å². The topological polar surface area (TPSA) is 15.3 Å². The summed E-state index contributed by atoms with van der Waals surface area (Å²) in [7, 11) is 0. The van der Waals surface area contributed by atoms with Gasteiger partial charge in [0.1, 0.15) is 0 Å². The minimum Gasteiger partial charge on any atom is -0.313 e. The molecule has 2 bridgehead atoms. The summed E-state index contributed by atoms with van der Waals surface area (Å²) in [4.78, 5) is 2.64. The zero-order valence-corrected chi connectivity index (χ0v) is 7.51. The Morgan fingerprint density at radius 2 is 2.27 bits per heavy atom. The zero-order valence-electron chi connectivity index (χ0n) is 7.51. The van der Waals surface area contributed by atoms with Crippen LogP contribution in [0.15, 0.2) is 0 Å². The van der Waals surface area contributed by atoms with Gasteiger partial charge in [0.2, 0.25) is 0 Å². The minimum absolute atomic E-state index is 0.741. The molecule has 0 aromatic rings. The van der Waals surface area contributed by atoms with Gasteiger partial charge in [0.25, 0.3) is 0 Å². The molecule has 2 fully saturated rings. The lowest BCUT2D eigenvalue weighted by molar-refractivity contribution is 0.200. The largest absolute Gasteiger partial charge is 0.313 e. The summed E-state index contributed by atoms with van der Waals surface area (Å²) < 4.78 is 0. The summed E-state index contributed by atoms with van der Waals surface area (Å²) in [6.07, 6.45) is 2.74. The molecule has 0 aliphatic carbocycles. The molecule has 64 valence electrons. The van der Waals surface area contributed by atoms with Gasteiger partial charge in [0.05, 0.1) is 0 Å². The maximum Gasteiger partial charge on any atom is 0.0210 e. The third kappa shape index (κ3) is 1.30. The molecule has 2 rings (SSSR count). The molecule has 2 nitrogen and oxygen atoms in total. The van der Waals surface area contributed by atoms with Crippen molar-refractivity contribution in [3.8, 4) is 0 Å². The van der Waals surface area contributed by atoms with E-state index in [9.17, 15) is 0 Å². The molecule has 2 atom stereocenters. The third-order valence-electron chi connectivity index (χ3n) is 3.03. The second kappa shape index (κ2) is 2.76. The van der Waals surface area contributed by atoms with Crippen LogP contribution < -0.4 is 5.32 Å². The van der Waals surface area contributed by atoms with E-state index in [0.717, 1.165) is 18.1 Å². The van der Waals surface area contributed by atoms with Crippen LogP contribution >= 0.6 is 0 Å². The first-order valence-corrected chi connectivity index (χ1v) is 4.76. The third-order valence-corrected chi connectivity index (χ3v) is 3.03. The van der Waals surface area contributed by atoms with E-state index in [2.05, 4.69) is 24.1 Å². The molecular formula is C9H18N2. The number of nitrogens with one attached hydrogen (secondary N) is 1. The van der Waals surface area contributed by atoms with Crippen LogP contribution in [0.5, 0.6) is 0 Å². The van der Waals surface area contributed by atoms with Gasteiger partial charge >= 0.3 is 0 Å². The molecule has 0 aromatic heterocycles. The highest BCUT2D eigenvalue weighted by Crippen LogP contribution is 2.25. The molecule has 2 unspecified atom stereocenters. The van der Waals surface area contributed by atoms with Gasteiger partial charge < -0.3 is 5.32 Å². The number of rotatable bonds is 1. The van der Waals surface area contributed by atoms with E-state index in [1.165, 1.54) is 25.9 Å². The van der Waals surface area contributed by atoms with Crippen molar-refractivity contribution in [1.29, 1.82) is 0 Å². The standard InChI is InChI=1S/C9H18N2/c1-7(2)11-6-8-5-9(11)3-4-10-8/h7-10H,3-6H2,1-2H3. The second-order valence-corrected chi connectivity index (χ2v) is 4.12. The molecule has 11 heavy (non-hydrogen) atoms. The van der Waals surface area contributed by atoms with E-state index in [1.807, 2.05) is 0 Å². The highest BCUT2D eigenvalue weighted by atomic mass is 15.2. The molecule has 0 aromatic carbocycles. The SMILES string of the molecule is CC(C)N1CC2CC1CCN2. The Labute approximate surface area is 69.0 Å². The lowest BCUT2D eigenvalue weighted by Gasteiger charge is -2.27. The highest BCUT2D eigenvalue weighted by molar-refractivity contribution is 4.94. The fraction of sp³-hybridized carbons (Fsp3) is 1.00. The fourth-order valence-electron chi connectivity index (χ4n) is 2.46. The number of likely N-dealkylation sites (tertiary alicyclic amines) is 1. The molecule has 0 saturated carbocycles. The van der Waals surface area contributed by atoms with Crippen molar-refractivity contribution in [3.63, 3.8) is 0 Å². The quantitative estimate of drug-likeness (QED) is 0.602. The summed E-state index contributed by atoms with van der Waals surface area (Å²) in [6.45, 7) is 7.13. The van der Waals surface area contributed by atoms with Crippen LogP contribution in [0.4, 0.5) is 0 Å². The smallest absolute Gasteiger partial charge is 0.0210 e. The number of hydrogen-bond donors (Lipinski definition) is 1. The van der Waals surface area contributed by atoms with Gasteiger partial charge in [-0.2, -0.15) is 0 Å². The summed E-state index contributed by atoms with van der Waals surface area (Å²) in [5.74, 6) is 0. The number of nitrogens with zero attached hydrogens (tertiary/aromatic N) is 1. The Kier molecular flexibility index (Phi) is 1.90. The molecule has 0 radical (unpaired) electrons. The first-order valence-electron chi connectivity index (χ1n) is 4.76. The van der Waals surface area contributed by atoms with Gasteiger partial charge in [-0.15, -0.1) is 0 Å². The van der Waals surface area contributed by atoms with Gasteiger partial charge in [0, 0.05) is 24.7 Å². The maximum atomic E-state index is 3.55. The van der Waals surface area contributed by atoms with Gasteiger partial charge in [0.15, 0.2) is 0 Å². The minimum atomic E-state index is 0.741. The van der Waals surface area contributed by atoms with E-state index < -0.39 is 0 Å². The second-order valence-electron chi connectivity index (χ2n) is 4.12. The van der Waals surface area contributed by atoms with Crippen molar-refractivity contribution >= 4 is 0 Å². The van der Waals surface area contributed by atoms with Crippen LogP contribution in [0.2, 0.25) is 0 Å². The molecule has 2 aliphatic heterocycles. The lowest BCUT2D eigenvalue weighted by atomic mass is 10.0. The summed E-state index contributed by atoms with van der Waals surface area (Å²) >= 11 is 0. The van der Waals surface area contributed by atoms with Crippen LogP contribution in [0, 0.1) is 0 Å². The van der Waals surface area contributed by atoms with Crippen molar-refractivity contribution in [3.05, 3.63) is 0 Å². The Balaban J connectivity index is 2.03. The molecule has 2 aliphatic rings. The van der Waals surface area contributed by atoms with Crippen LogP contribution in [-0.4, -0.2) is 36.1 Å². The van der Waals surface area contributed by atoms with Gasteiger partial charge in [-0.25, -0.2) is 0 Å². The Hall–Kier alpha value is -0.0800. The molecule has 0 amide bonds. The fourth-order valence-corrected chi connectivity index (χ4v) is 2.46. The van der Waals surface area contributed by atoms with Crippen molar-refractivity contribution in [2.75, 3.05) is 13.1 Å². The van der Waals surface area contributed by atoms with Gasteiger partial charge in [-0.05, 0) is 33.2 Å². The summed E-state index contributed by atoms with van der Waals surface area (Å²) in [6, 6.07) is 2.43. The van der Waals surface area contributed by atoms with Crippen LogP contribution in [0.25, 0.3) is 0 Å². The van der Waals surface area contributed by atoms with Crippen molar-refractivity contribution in [2.24, 2.45) is 0 Å². The first kappa shape index (κ1) is 7.56. The number of piperidine rings is 1. The molecule has 2 heteroatoms. The number of fused-ring (bicyclic) bond motifs is 2. The Bertz CT molecular complexity index is 144. The molecule has 2 saturated heterocycles. The first-order chi connectivity index (χ1) is 5.27. The van der Waals surface area contributed by atoms with Gasteiger partial charge in [-0.3, -0.25) is 4.90 Å². The normalized spacial score (nSPS) is 38.5. The van der Waals surface area contributed by atoms with Crippen molar-refractivity contribution in [2.45, 2.75) is 44.8 Å². The summed E-state index contributed by atoms with van der Waals surface area (Å²) in [5.41, 5.74) is 0. The molecule has 0 spiro atoms. The Morgan fingerprint density at radius 3 is 2.91 bits per heavy atom. The molecule has 1 N–H and O–H groups in total. The van der Waals surface area contributed by atoms with E-state index >= 15 is 0 Å². The predicted molar refractivity (Wildman–Crippen MR) is 46.7 cm³/mol. The lowest BCUT2D eigenvalue weighted by Crippen LogP contribution is -2.36. The number of hydrogen-bond acceptors (Lipinski definition) is 2.